The molecular formula is C18H25Cl2IN4O2. The summed E-state index contributed by atoms with van der Waals surface area (Å²) in [6, 6.07) is 9.75. The SMILES string of the molecule is CN=C(NCc1cccc(OCCOC)c1)NCc1cc(Cl)c(Cl)n1C.I. The summed E-state index contributed by atoms with van der Waals surface area (Å²) in [5, 5.41) is 7.59. The first-order chi connectivity index (χ1) is 12.5. The van der Waals surface area contributed by atoms with Crippen molar-refractivity contribution in [3.8, 4) is 5.75 Å². The maximum absolute atomic E-state index is 6.09. The molecule has 6 nitrogen and oxygen atoms in total. The normalized spacial score (nSPS) is 11.1. The van der Waals surface area contributed by atoms with E-state index in [9.17, 15) is 0 Å². The third-order valence-electron chi connectivity index (χ3n) is 3.79. The van der Waals surface area contributed by atoms with Gasteiger partial charge in [0.15, 0.2) is 5.96 Å². The number of guanidine groups is 1. The Kier molecular flexibility index (Phi) is 10.9. The van der Waals surface area contributed by atoms with Gasteiger partial charge >= 0.3 is 0 Å². The zero-order chi connectivity index (χ0) is 18.9. The van der Waals surface area contributed by atoms with Gasteiger partial charge in [0, 0.05) is 33.4 Å². The molecule has 0 radical (unpaired) electrons. The maximum Gasteiger partial charge on any atom is 0.191 e. The van der Waals surface area contributed by atoms with E-state index >= 15 is 0 Å². The minimum absolute atomic E-state index is 0. The number of nitrogens with zero attached hydrogens (tertiary/aromatic N) is 2. The maximum atomic E-state index is 6.09. The fourth-order valence-electron chi connectivity index (χ4n) is 2.33. The van der Waals surface area contributed by atoms with Gasteiger partial charge in [-0.25, -0.2) is 0 Å². The summed E-state index contributed by atoms with van der Waals surface area (Å²) in [5.41, 5.74) is 2.06. The topological polar surface area (TPSA) is 59.8 Å². The number of hydrogen-bond donors (Lipinski definition) is 2. The van der Waals surface area contributed by atoms with E-state index in [0.29, 0.717) is 42.4 Å². The molecule has 2 rings (SSSR count). The molecule has 0 aliphatic heterocycles. The average molecular weight is 527 g/mol. The Morgan fingerprint density at radius 2 is 1.89 bits per heavy atom. The molecule has 0 amide bonds. The van der Waals surface area contributed by atoms with Crippen molar-refractivity contribution >= 4 is 53.1 Å². The molecule has 9 heteroatoms. The summed E-state index contributed by atoms with van der Waals surface area (Å²) in [6.45, 7) is 2.27. The highest BCUT2D eigenvalue weighted by Gasteiger charge is 2.09. The highest BCUT2D eigenvalue weighted by atomic mass is 127. The van der Waals surface area contributed by atoms with E-state index in [1.54, 1.807) is 14.2 Å². The molecule has 0 fully saturated rings. The quantitative estimate of drug-likeness (QED) is 0.237. The minimum atomic E-state index is 0. The fraction of sp³-hybridized carbons (Fsp3) is 0.389. The third-order valence-corrected chi connectivity index (χ3v) is 4.63. The summed E-state index contributed by atoms with van der Waals surface area (Å²) in [4.78, 5) is 4.23. The molecule has 2 N–H and O–H groups in total. The second-order valence-corrected chi connectivity index (χ2v) is 6.37. The molecule has 1 aromatic heterocycles. The van der Waals surface area contributed by atoms with Crippen molar-refractivity contribution < 1.29 is 9.47 Å². The van der Waals surface area contributed by atoms with Crippen LogP contribution in [-0.4, -0.2) is 37.9 Å². The van der Waals surface area contributed by atoms with Gasteiger partial charge in [-0.2, -0.15) is 0 Å². The van der Waals surface area contributed by atoms with Crippen LogP contribution in [0.25, 0.3) is 0 Å². The Morgan fingerprint density at radius 3 is 2.52 bits per heavy atom. The highest BCUT2D eigenvalue weighted by molar-refractivity contribution is 14.0. The van der Waals surface area contributed by atoms with E-state index in [4.69, 9.17) is 32.7 Å². The number of benzene rings is 1. The molecule has 27 heavy (non-hydrogen) atoms. The van der Waals surface area contributed by atoms with Gasteiger partial charge in [-0.15, -0.1) is 24.0 Å². The van der Waals surface area contributed by atoms with E-state index in [2.05, 4.69) is 15.6 Å². The molecule has 0 saturated carbocycles. The van der Waals surface area contributed by atoms with Crippen molar-refractivity contribution in [2.75, 3.05) is 27.4 Å². The van der Waals surface area contributed by atoms with Crippen LogP contribution in [0.5, 0.6) is 5.75 Å². The molecule has 1 heterocycles. The summed E-state index contributed by atoms with van der Waals surface area (Å²) >= 11 is 12.1. The predicted molar refractivity (Wildman–Crippen MR) is 122 cm³/mol. The summed E-state index contributed by atoms with van der Waals surface area (Å²) in [6.07, 6.45) is 0. The van der Waals surface area contributed by atoms with E-state index < -0.39 is 0 Å². The highest BCUT2D eigenvalue weighted by Crippen LogP contribution is 2.24. The molecule has 0 aliphatic rings. The van der Waals surface area contributed by atoms with E-state index in [0.717, 1.165) is 17.0 Å². The molecule has 1 aromatic carbocycles. The summed E-state index contributed by atoms with van der Waals surface area (Å²) in [5.74, 6) is 1.50. The van der Waals surface area contributed by atoms with Crippen LogP contribution in [0.3, 0.4) is 0 Å². The Labute approximate surface area is 187 Å². The van der Waals surface area contributed by atoms with Crippen LogP contribution in [-0.2, 0) is 24.9 Å². The summed E-state index contributed by atoms with van der Waals surface area (Å²) in [7, 11) is 5.25. The Balaban J connectivity index is 0.00000364. The zero-order valence-electron chi connectivity index (χ0n) is 15.6. The lowest BCUT2D eigenvalue weighted by Gasteiger charge is -2.13. The first-order valence-electron chi connectivity index (χ1n) is 8.20. The Bertz CT molecular complexity index is 753. The van der Waals surface area contributed by atoms with E-state index in [-0.39, 0.29) is 24.0 Å². The molecule has 0 saturated heterocycles. The van der Waals surface area contributed by atoms with Crippen LogP contribution >= 0.6 is 47.2 Å². The van der Waals surface area contributed by atoms with Gasteiger partial charge < -0.3 is 24.7 Å². The largest absolute Gasteiger partial charge is 0.491 e. The van der Waals surface area contributed by atoms with E-state index in [1.807, 2.05) is 41.9 Å². The van der Waals surface area contributed by atoms with E-state index in [1.165, 1.54) is 0 Å². The number of ether oxygens (including phenoxy) is 2. The van der Waals surface area contributed by atoms with Crippen molar-refractivity contribution in [3.63, 3.8) is 0 Å². The molecule has 2 aromatic rings. The molecule has 0 aliphatic carbocycles. The Hall–Kier alpha value is -1.16. The van der Waals surface area contributed by atoms with Gasteiger partial charge in [0.2, 0.25) is 0 Å². The van der Waals surface area contributed by atoms with Crippen molar-refractivity contribution in [3.05, 3.63) is 51.8 Å². The van der Waals surface area contributed by atoms with Crippen LogP contribution in [0, 0.1) is 0 Å². The first-order valence-corrected chi connectivity index (χ1v) is 8.95. The number of aliphatic imine (C=N–C) groups is 1. The number of hydrogen-bond acceptors (Lipinski definition) is 3. The molecule has 0 unspecified atom stereocenters. The molecule has 0 atom stereocenters. The monoisotopic (exact) mass is 526 g/mol. The lowest BCUT2D eigenvalue weighted by Crippen LogP contribution is -2.36. The number of rotatable bonds is 8. The lowest BCUT2D eigenvalue weighted by molar-refractivity contribution is 0.146. The number of methoxy groups -OCH3 is 1. The number of aromatic nitrogens is 1. The van der Waals surface area contributed by atoms with Crippen LogP contribution in [0.2, 0.25) is 10.2 Å². The second kappa shape index (κ2) is 12.3. The lowest BCUT2D eigenvalue weighted by atomic mass is 10.2. The number of nitrogens with one attached hydrogen (secondary N) is 2. The van der Waals surface area contributed by atoms with Gasteiger partial charge in [0.25, 0.3) is 0 Å². The van der Waals surface area contributed by atoms with Crippen LogP contribution in [0.1, 0.15) is 11.3 Å². The van der Waals surface area contributed by atoms with Crippen molar-refractivity contribution in [2.24, 2.45) is 12.0 Å². The average Bonchev–Trinajstić information content (AvgIpc) is 2.89. The summed E-state index contributed by atoms with van der Waals surface area (Å²) < 4.78 is 12.5. The zero-order valence-corrected chi connectivity index (χ0v) is 19.4. The third kappa shape index (κ3) is 7.40. The fourth-order valence-corrected chi connectivity index (χ4v) is 2.74. The molecule has 0 bridgehead atoms. The van der Waals surface area contributed by atoms with Gasteiger partial charge in [0.05, 0.1) is 18.2 Å². The molecular weight excluding hydrogens is 502 g/mol. The van der Waals surface area contributed by atoms with Gasteiger partial charge in [0.1, 0.15) is 17.5 Å². The van der Waals surface area contributed by atoms with Crippen LogP contribution < -0.4 is 15.4 Å². The van der Waals surface area contributed by atoms with Crippen molar-refractivity contribution in [1.29, 1.82) is 0 Å². The molecule has 0 spiro atoms. The second-order valence-electron chi connectivity index (χ2n) is 5.60. The Morgan fingerprint density at radius 1 is 1.15 bits per heavy atom. The standard InChI is InChI=1S/C18H24Cl2N4O2.HI/c1-21-18(23-12-14-10-16(19)17(20)24(14)2)22-11-13-5-4-6-15(9-13)26-8-7-25-3;/h4-6,9-10H,7-8,11-12H2,1-3H3,(H2,21,22,23);1H. The molecule has 150 valence electrons. The first kappa shape index (κ1) is 23.9. The van der Waals surface area contributed by atoms with Gasteiger partial charge in [-0.05, 0) is 23.8 Å². The predicted octanol–water partition coefficient (Wildman–Crippen LogP) is 3.84. The van der Waals surface area contributed by atoms with Gasteiger partial charge in [-0.3, -0.25) is 4.99 Å². The minimum Gasteiger partial charge on any atom is -0.491 e. The van der Waals surface area contributed by atoms with Crippen LogP contribution in [0.15, 0.2) is 35.3 Å². The van der Waals surface area contributed by atoms with Crippen molar-refractivity contribution in [1.82, 2.24) is 15.2 Å². The van der Waals surface area contributed by atoms with Gasteiger partial charge in [-0.1, -0.05) is 35.3 Å². The number of halogens is 3. The van der Waals surface area contributed by atoms with Crippen LogP contribution in [0.4, 0.5) is 0 Å². The van der Waals surface area contributed by atoms with Crippen molar-refractivity contribution in [2.45, 2.75) is 13.1 Å². The smallest absolute Gasteiger partial charge is 0.191 e.